The van der Waals surface area contributed by atoms with Crippen LogP contribution in [-0.2, 0) is 5.33 Å². The minimum atomic E-state index is -4.22. The zero-order chi connectivity index (χ0) is 14.5. The number of halogens is 4. The minimum absolute atomic E-state index is 0.283. The third-order valence-corrected chi connectivity index (χ3v) is 2.71. The Morgan fingerprint density at radius 3 is 2.63 bits per heavy atom. The smallest absolute Gasteiger partial charge is 0.392 e. The number of nitrogens with zero attached hydrogens (tertiary/aromatic N) is 1. The molecule has 0 atom stereocenters. The molecular formula is C13H13BrF3NO. The molecule has 0 aliphatic heterocycles. The number of hydrogen-bond donors (Lipinski definition) is 0. The summed E-state index contributed by atoms with van der Waals surface area (Å²) in [5.74, 6) is 0.930. The van der Waals surface area contributed by atoms with Gasteiger partial charge in [-0.3, -0.25) is 0 Å². The molecule has 0 N–H and O–H groups in total. The van der Waals surface area contributed by atoms with Crippen LogP contribution < -0.4 is 0 Å². The molecule has 1 heterocycles. The van der Waals surface area contributed by atoms with Gasteiger partial charge in [-0.15, -0.1) is 0 Å². The number of allylic oxidation sites excluding steroid dienone is 5. The Morgan fingerprint density at radius 1 is 1.47 bits per heavy atom. The van der Waals surface area contributed by atoms with Crippen molar-refractivity contribution >= 4 is 21.5 Å². The van der Waals surface area contributed by atoms with E-state index in [1.165, 1.54) is 12.2 Å². The van der Waals surface area contributed by atoms with E-state index in [4.69, 9.17) is 4.42 Å². The predicted octanol–water partition coefficient (Wildman–Crippen LogP) is 4.96. The van der Waals surface area contributed by atoms with Gasteiger partial charge in [-0.05, 0) is 6.92 Å². The normalized spacial score (nSPS) is 13.2. The Hall–Kier alpha value is -1.30. The van der Waals surface area contributed by atoms with Crippen LogP contribution in [0.4, 0.5) is 13.2 Å². The minimum Gasteiger partial charge on any atom is -0.440 e. The molecule has 0 aliphatic rings. The molecule has 0 fully saturated rings. The fourth-order valence-corrected chi connectivity index (χ4v) is 1.84. The number of aromatic nitrogens is 1. The Kier molecular flexibility index (Phi) is 5.60. The maximum absolute atomic E-state index is 12.1. The summed E-state index contributed by atoms with van der Waals surface area (Å²) in [5.41, 5.74) is 1.15. The van der Waals surface area contributed by atoms with Crippen LogP contribution in [0.5, 0.6) is 0 Å². The van der Waals surface area contributed by atoms with E-state index in [0.717, 1.165) is 6.08 Å². The van der Waals surface area contributed by atoms with Crippen molar-refractivity contribution in [3.8, 4) is 0 Å². The monoisotopic (exact) mass is 335 g/mol. The summed E-state index contributed by atoms with van der Waals surface area (Å²) >= 11 is 3.25. The highest BCUT2D eigenvalue weighted by molar-refractivity contribution is 9.08. The van der Waals surface area contributed by atoms with Gasteiger partial charge in [0, 0.05) is 5.57 Å². The Morgan fingerprint density at radius 2 is 2.16 bits per heavy atom. The zero-order valence-electron chi connectivity index (χ0n) is 10.3. The summed E-state index contributed by atoms with van der Waals surface area (Å²) in [7, 11) is 0. The maximum Gasteiger partial charge on any atom is 0.392 e. The molecule has 2 nitrogen and oxygen atoms in total. The van der Waals surface area contributed by atoms with Crippen molar-refractivity contribution in [2.45, 2.75) is 24.9 Å². The lowest BCUT2D eigenvalue weighted by Gasteiger charge is -2.00. The van der Waals surface area contributed by atoms with Gasteiger partial charge in [-0.2, -0.15) is 13.2 Å². The molecule has 0 aliphatic carbocycles. The number of oxazole rings is 1. The summed E-state index contributed by atoms with van der Waals surface area (Å²) in [6.45, 7) is 5.29. The molecule has 1 aromatic heterocycles. The highest BCUT2D eigenvalue weighted by Crippen LogP contribution is 2.24. The summed E-state index contributed by atoms with van der Waals surface area (Å²) < 4.78 is 41.7. The average Bonchev–Trinajstić information content (AvgIpc) is 2.68. The number of hydrogen-bond acceptors (Lipinski definition) is 2. The van der Waals surface area contributed by atoms with E-state index in [1.807, 2.05) is 0 Å². The predicted molar refractivity (Wildman–Crippen MR) is 71.9 cm³/mol. The van der Waals surface area contributed by atoms with Crippen LogP contribution in [-0.4, -0.2) is 11.2 Å². The summed E-state index contributed by atoms with van der Waals surface area (Å²) in [6, 6.07) is 0. The van der Waals surface area contributed by atoms with Crippen LogP contribution in [0.15, 0.2) is 35.3 Å². The SMILES string of the molecule is C=C/C=C(\C=C/CC(F)(F)F)c1nc(C)c(CBr)o1. The van der Waals surface area contributed by atoms with E-state index in [0.29, 0.717) is 22.4 Å². The molecule has 0 saturated heterocycles. The van der Waals surface area contributed by atoms with Gasteiger partial charge in [0.2, 0.25) is 5.89 Å². The molecule has 0 spiro atoms. The van der Waals surface area contributed by atoms with Gasteiger partial charge in [0.05, 0.1) is 17.4 Å². The molecule has 0 bridgehead atoms. The standard InChI is InChI=1S/C13H13BrF3NO/c1-3-5-10(6-4-7-13(15,16)17)12-18-9(2)11(8-14)19-12/h3-6H,1,7-8H2,2H3/b6-4-,10-5+. The summed E-state index contributed by atoms with van der Waals surface area (Å²) in [6.07, 6.45) is 0.174. The van der Waals surface area contributed by atoms with E-state index >= 15 is 0 Å². The van der Waals surface area contributed by atoms with Crippen LogP contribution in [0, 0.1) is 6.92 Å². The maximum atomic E-state index is 12.1. The topological polar surface area (TPSA) is 26.0 Å². The van der Waals surface area contributed by atoms with Crippen molar-refractivity contribution in [2.24, 2.45) is 0 Å². The zero-order valence-corrected chi connectivity index (χ0v) is 11.9. The van der Waals surface area contributed by atoms with E-state index in [-0.39, 0.29) is 5.89 Å². The molecule has 1 aromatic rings. The van der Waals surface area contributed by atoms with Crippen molar-refractivity contribution in [1.82, 2.24) is 4.98 Å². The molecule has 0 aromatic carbocycles. The van der Waals surface area contributed by atoms with Gasteiger partial charge in [0.15, 0.2) is 0 Å². The first-order chi connectivity index (χ1) is 8.87. The van der Waals surface area contributed by atoms with Crippen LogP contribution in [0.25, 0.3) is 5.57 Å². The molecule has 0 amide bonds. The molecule has 0 saturated carbocycles. The average molecular weight is 336 g/mol. The van der Waals surface area contributed by atoms with Gasteiger partial charge in [-0.25, -0.2) is 4.98 Å². The summed E-state index contributed by atoms with van der Waals surface area (Å²) in [4.78, 5) is 4.17. The Balaban J connectivity index is 2.95. The van der Waals surface area contributed by atoms with Crippen LogP contribution >= 0.6 is 15.9 Å². The largest absolute Gasteiger partial charge is 0.440 e. The van der Waals surface area contributed by atoms with Gasteiger partial charge in [-0.1, -0.05) is 46.8 Å². The van der Waals surface area contributed by atoms with Gasteiger partial charge in [0.25, 0.3) is 0 Å². The first kappa shape index (κ1) is 15.8. The Labute approximate surface area is 117 Å². The summed E-state index contributed by atoms with van der Waals surface area (Å²) in [5, 5.41) is 0.499. The number of rotatable bonds is 5. The van der Waals surface area contributed by atoms with E-state index in [2.05, 4.69) is 27.5 Å². The van der Waals surface area contributed by atoms with Gasteiger partial charge >= 0.3 is 6.18 Å². The van der Waals surface area contributed by atoms with Crippen molar-refractivity contribution in [2.75, 3.05) is 0 Å². The quantitative estimate of drug-likeness (QED) is 0.561. The first-order valence-corrected chi connectivity index (χ1v) is 6.58. The second-order valence-electron chi connectivity index (χ2n) is 3.74. The fraction of sp³-hybridized carbons (Fsp3) is 0.308. The lowest BCUT2D eigenvalue weighted by Crippen LogP contribution is -2.04. The number of aryl methyl sites for hydroxylation is 1. The molecule has 104 valence electrons. The first-order valence-electron chi connectivity index (χ1n) is 5.46. The molecular weight excluding hydrogens is 323 g/mol. The van der Waals surface area contributed by atoms with Crippen LogP contribution in [0.2, 0.25) is 0 Å². The number of alkyl halides is 4. The van der Waals surface area contributed by atoms with Crippen LogP contribution in [0.1, 0.15) is 23.8 Å². The second kappa shape index (κ2) is 6.75. The molecule has 0 unspecified atom stereocenters. The molecule has 0 radical (unpaired) electrons. The van der Waals surface area contributed by atoms with E-state index in [1.54, 1.807) is 13.0 Å². The third-order valence-electron chi connectivity index (χ3n) is 2.21. The fourth-order valence-electron chi connectivity index (χ4n) is 1.32. The second-order valence-corrected chi connectivity index (χ2v) is 4.30. The van der Waals surface area contributed by atoms with Crippen molar-refractivity contribution in [3.63, 3.8) is 0 Å². The van der Waals surface area contributed by atoms with Crippen molar-refractivity contribution in [3.05, 3.63) is 48.2 Å². The molecule has 19 heavy (non-hydrogen) atoms. The van der Waals surface area contributed by atoms with E-state index in [9.17, 15) is 13.2 Å². The highest BCUT2D eigenvalue weighted by Gasteiger charge is 2.24. The van der Waals surface area contributed by atoms with Crippen LogP contribution in [0.3, 0.4) is 0 Å². The lowest BCUT2D eigenvalue weighted by atomic mass is 10.2. The third kappa shape index (κ3) is 5.06. The van der Waals surface area contributed by atoms with Gasteiger partial charge in [0.1, 0.15) is 5.76 Å². The van der Waals surface area contributed by atoms with Gasteiger partial charge < -0.3 is 4.42 Å². The molecule has 6 heteroatoms. The van der Waals surface area contributed by atoms with Crippen molar-refractivity contribution in [1.29, 1.82) is 0 Å². The van der Waals surface area contributed by atoms with E-state index < -0.39 is 12.6 Å². The molecule has 1 rings (SSSR count). The Bertz CT molecular complexity index is 500. The highest BCUT2D eigenvalue weighted by atomic mass is 79.9. The lowest BCUT2D eigenvalue weighted by molar-refractivity contribution is -0.125. The van der Waals surface area contributed by atoms with Crippen molar-refractivity contribution < 1.29 is 17.6 Å².